The molecule has 0 aliphatic rings. The average molecular weight is 386 g/mol. The second-order valence-electron chi connectivity index (χ2n) is 4.35. The van der Waals surface area contributed by atoms with Crippen LogP contribution in [0.25, 0.3) is 21.5 Å². The first-order chi connectivity index (χ1) is 9.65. The fourth-order valence-corrected chi connectivity index (χ4v) is 3.14. The Kier molecular flexibility index (Phi) is 3.22. The number of halogens is 2. The van der Waals surface area contributed by atoms with Crippen molar-refractivity contribution < 1.29 is 0 Å². The molecule has 20 heavy (non-hydrogen) atoms. The van der Waals surface area contributed by atoms with Gasteiger partial charge in [-0.1, -0.05) is 44.0 Å². The largest absolute Gasteiger partial charge is 0.192 e. The van der Waals surface area contributed by atoms with Crippen molar-refractivity contribution >= 4 is 53.4 Å². The molecule has 0 saturated carbocycles. The molecule has 3 aromatic rings. The maximum atomic E-state index is 9.50. The summed E-state index contributed by atoms with van der Waals surface area (Å²) in [4.78, 5) is 0. The SMILES string of the molecule is N#Cc1c2ccc(Br)cc2c(C#N)c2ccc(Br)cc12. The summed E-state index contributed by atoms with van der Waals surface area (Å²) in [5.41, 5.74) is 1.20. The summed E-state index contributed by atoms with van der Waals surface area (Å²) in [5, 5.41) is 22.2. The molecule has 0 bridgehead atoms. The Labute approximate surface area is 132 Å². The summed E-state index contributed by atoms with van der Waals surface area (Å²) in [6.45, 7) is 0. The lowest BCUT2D eigenvalue weighted by Crippen LogP contribution is -1.90. The van der Waals surface area contributed by atoms with Crippen LogP contribution in [0.3, 0.4) is 0 Å². The second kappa shape index (κ2) is 4.90. The number of hydrogen-bond donors (Lipinski definition) is 0. The molecule has 0 aliphatic heterocycles. The molecule has 0 unspecified atom stereocenters. The Morgan fingerprint density at radius 2 is 1.05 bits per heavy atom. The van der Waals surface area contributed by atoms with Crippen LogP contribution in [0.2, 0.25) is 0 Å². The summed E-state index contributed by atoms with van der Waals surface area (Å²) in [5.74, 6) is 0. The highest BCUT2D eigenvalue weighted by Crippen LogP contribution is 2.35. The van der Waals surface area contributed by atoms with E-state index in [1.54, 1.807) is 0 Å². The molecule has 0 spiro atoms. The van der Waals surface area contributed by atoms with Gasteiger partial charge in [-0.05, 0) is 24.3 Å². The van der Waals surface area contributed by atoms with Crippen LogP contribution in [0, 0.1) is 22.7 Å². The number of hydrogen-bond acceptors (Lipinski definition) is 2. The van der Waals surface area contributed by atoms with E-state index in [2.05, 4.69) is 44.0 Å². The predicted octanol–water partition coefficient (Wildman–Crippen LogP) is 5.26. The maximum Gasteiger partial charge on any atom is 0.100 e. The van der Waals surface area contributed by atoms with Gasteiger partial charge in [0, 0.05) is 30.5 Å². The average Bonchev–Trinajstić information content (AvgIpc) is 2.44. The summed E-state index contributed by atoms with van der Waals surface area (Å²) >= 11 is 6.84. The molecular formula is C16H6Br2N2. The highest BCUT2D eigenvalue weighted by Gasteiger charge is 2.14. The molecule has 3 rings (SSSR count). The van der Waals surface area contributed by atoms with Crippen molar-refractivity contribution in [3.05, 3.63) is 56.5 Å². The van der Waals surface area contributed by atoms with E-state index in [1.165, 1.54) is 0 Å². The Balaban J connectivity index is 2.69. The quantitative estimate of drug-likeness (QED) is 0.495. The zero-order valence-corrected chi connectivity index (χ0v) is 13.3. The van der Waals surface area contributed by atoms with Gasteiger partial charge in [-0.25, -0.2) is 0 Å². The number of nitrogens with zero attached hydrogens (tertiary/aromatic N) is 2. The first-order valence-electron chi connectivity index (χ1n) is 5.80. The van der Waals surface area contributed by atoms with Crippen LogP contribution in [0.4, 0.5) is 0 Å². The van der Waals surface area contributed by atoms with Gasteiger partial charge in [-0.15, -0.1) is 0 Å². The molecule has 4 heteroatoms. The van der Waals surface area contributed by atoms with E-state index in [0.29, 0.717) is 11.1 Å². The Morgan fingerprint density at radius 3 is 1.40 bits per heavy atom. The van der Waals surface area contributed by atoms with Crippen LogP contribution in [-0.4, -0.2) is 0 Å². The summed E-state index contributed by atoms with van der Waals surface area (Å²) < 4.78 is 1.78. The van der Waals surface area contributed by atoms with Gasteiger partial charge < -0.3 is 0 Å². The van der Waals surface area contributed by atoms with Crippen LogP contribution in [0.15, 0.2) is 45.3 Å². The fourth-order valence-electron chi connectivity index (χ4n) is 2.41. The van der Waals surface area contributed by atoms with Crippen molar-refractivity contribution in [2.24, 2.45) is 0 Å². The third-order valence-corrected chi connectivity index (χ3v) is 4.25. The Morgan fingerprint density at radius 1 is 0.650 bits per heavy atom. The van der Waals surface area contributed by atoms with Crippen LogP contribution in [-0.2, 0) is 0 Å². The van der Waals surface area contributed by atoms with E-state index in [0.717, 1.165) is 30.5 Å². The van der Waals surface area contributed by atoms with Gasteiger partial charge in [-0.2, -0.15) is 10.5 Å². The zero-order chi connectivity index (χ0) is 14.3. The molecule has 2 nitrogen and oxygen atoms in total. The van der Waals surface area contributed by atoms with E-state index >= 15 is 0 Å². The number of benzene rings is 3. The lowest BCUT2D eigenvalue weighted by atomic mass is 9.93. The third-order valence-electron chi connectivity index (χ3n) is 3.26. The lowest BCUT2D eigenvalue weighted by molar-refractivity contribution is 1.50. The van der Waals surface area contributed by atoms with Gasteiger partial charge >= 0.3 is 0 Å². The van der Waals surface area contributed by atoms with Crippen LogP contribution in [0.1, 0.15) is 11.1 Å². The van der Waals surface area contributed by atoms with Crippen molar-refractivity contribution in [3.63, 3.8) is 0 Å². The van der Waals surface area contributed by atoms with Gasteiger partial charge in [0.15, 0.2) is 0 Å². The molecular weight excluding hydrogens is 380 g/mol. The third kappa shape index (κ3) is 1.89. The van der Waals surface area contributed by atoms with E-state index in [-0.39, 0.29) is 0 Å². The molecule has 0 amide bonds. The molecule has 0 saturated heterocycles. The number of rotatable bonds is 0. The van der Waals surface area contributed by atoms with Crippen LogP contribution in [0.5, 0.6) is 0 Å². The highest BCUT2D eigenvalue weighted by atomic mass is 79.9. The summed E-state index contributed by atoms with van der Waals surface area (Å²) in [6.07, 6.45) is 0. The van der Waals surface area contributed by atoms with E-state index in [9.17, 15) is 10.5 Å². The lowest BCUT2D eigenvalue weighted by Gasteiger charge is -2.09. The van der Waals surface area contributed by atoms with Crippen molar-refractivity contribution in [3.8, 4) is 12.1 Å². The molecule has 0 fully saturated rings. The van der Waals surface area contributed by atoms with Gasteiger partial charge in [0.2, 0.25) is 0 Å². The van der Waals surface area contributed by atoms with E-state index in [1.807, 2.05) is 36.4 Å². The van der Waals surface area contributed by atoms with Crippen LogP contribution < -0.4 is 0 Å². The molecule has 0 aromatic heterocycles. The molecule has 0 aliphatic carbocycles. The van der Waals surface area contributed by atoms with Gasteiger partial charge in [-0.3, -0.25) is 0 Å². The monoisotopic (exact) mass is 384 g/mol. The molecule has 94 valence electrons. The maximum absolute atomic E-state index is 9.50. The van der Waals surface area contributed by atoms with Gasteiger partial charge in [0.25, 0.3) is 0 Å². The highest BCUT2D eigenvalue weighted by molar-refractivity contribution is 9.10. The standard InChI is InChI=1S/C16H6Br2N2/c17-9-1-3-11-13(5-9)16(8-20)12-4-2-10(18)6-14(12)15(11)7-19/h1-6H. The smallest absolute Gasteiger partial charge is 0.100 e. The Hall–Kier alpha value is -1.88. The molecule has 3 aromatic carbocycles. The molecule has 0 heterocycles. The minimum absolute atomic E-state index is 0.600. The van der Waals surface area contributed by atoms with Crippen LogP contribution >= 0.6 is 31.9 Å². The normalized spacial score (nSPS) is 10.4. The second-order valence-corrected chi connectivity index (χ2v) is 6.18. The van der Waals surface area contributed by atoms with Crippen molar-refractivity contribution in [1.82, 2.24) is 0 Å². The summed E-state index contributed by atoms with van der Waals surface area (Å²) in [7, 11) is 0. The molecule has 0 N–H and O–H groups in total. The van der Waals surface area contributed by atoms with Crippen molar-refractivity contribution in [1.29, 1.82) is 10.5 Å². The van der Waals surface area contributed by atoms with Crippen molar-refractivity contribution in [2.75, 3.05) is 0 Å². The van der Waals surface area contributed by atoms with Crippen molar-refractivity contribution in [2.45, 2.75) is 0 Å². The zero-order valence-electron chi connectivity index (χ0n) is 10.1. The Bertz CT molecular complexity index is 867. The van der Waals surface area contributed by atoms with Gasteiger partial charge in [0.05, 0.1) is 11.1 Å². The first-order valence-corrected chi connectivity index (χ1v) is 7.39. The summed E-state index contributed by atoms with van der Waals surface area (Å²) in [6, 6.07) is 15.8. The topological polar surface area (TPSA) is 47.6 Å². The van der Waals surface area contributed by atoms with E-state index < -0.39 is 0 Å². The number of fused-ring (bicyclic) bond motifs is 2. The molecule has 0 atom stereocenters. The van der Waals surface area contributed by atoms with E-state index in [4.69, 9.17) is 0 Å². The number of nitriles is 2. The minimum Gasteiger partial charge on any atom is -0.192 e. The minimum atomic E-state index is 0.600. The fraction of sp³-hybridized carbons (Fsp3) is 0. The van der Waals surface area contributed by atoms with Gasteiger partial charge in [0.1, 0.15) is 12.1 Å². The molecule has 0 radical (unpaired) electrons. The first kappa shape index (κ1) is 13.1. The predicted molar refractivity (Wildman–Crippen MR) is 86.3 cm³/mol.